The zero-order valence-electron chi connectivity index (χ0n) is 12.1. The van der Waals surface area contributed by atoms with Crippen molar-refractivity contribution in [3.8, 4) is 0 Å². The van der Waals surface area contributed by atoms with Crippen LogP contribution in [0.2, 0.25) is 0 Å². The van der Waals surface area contributed by atoms with E-state index in [1.54, 1.807) is 0 Å². The number of nitrogens with zero attached hydrogens (tertiary/aromatic N) is 2. The molecule has 0 amide bonds. The van der Waals surface area contributed by atoms with Crippen molar-refractivity contribution in [3.63, 3.8) is 0 Å². The van der Waals surface area contributed by atoms with Gasteiger partial charge < -0.3 is 9.84 Å². The molecule has 1 aromatic carbocycles. The van der Waals surface area contributed by atoms with Crippen LogP contribution in [-0.4, -0.2) is 16.7 Å². The molecule has 1 saturated heterocycles. The normalized spacial score (nSPS) is 22.9. The van der Waals surface area contributed by atoms with Gasteiger partial charge in [0.05, 0.1) is 5.54 Å². The second-order valence-corrected chi connectivity index (χ2v) is 5.84. The van der Waals surface area contributed by atoms with Crippen molar-refractivity contribution >= 4 is 0 Å². The molecular formula is C16H21N3O. The van der Waals surface area contributed by atoms with Crippen LogP contribution in [0.5, 0.6) is 0 Å². The molecule has 20 heavy (non-hydrogen) atoms. The monoisotopic (exact) mass is 271 g/mol. The standard InChI is InChI=1S/C16H21N3O/c1-12-7-3-4-8-13(12)11-14-18-15(20-19-14)16(2)9-5-6-10-17-16/h3-4,7-8,17H,5-6,9-11H2,1-2H3. The van der Waals surface area contributed by atoms with Crippen LogP contribution < -0.4 is 5.32 Å². The Balaban J connectivity index is 1.78. The summed E-state index contributed by atoms with van der Waals surface area (Å²) in [5, 5.41) is 7.65. The minimum Gasteiger partial charge on any atom is -0.337 e. The second-order valence-electron chi connectivity index (χ2n) is 5.84. The third kappa shape index (κ3) is 2.61. The maximum atomic E-state index is 5.50. The Bertz CT molecular complexity index is 585. The fourth-order valence-electron chi connectivity index (χ4n) is 2.77. The molecule has 4 nitrogen and oxygen atoms in total. The van der Waals surface area contributed by atoms with Crippen molar-refractivity contribution in [2.24, 2.45) is 0 Å². The minimum absolute atomic E-state index is 0.158. The van der Waals surface area contributed by atoms with Gasteiger partial charge in [0.1, 0.15) is 0 Å². The maximum Gasteiger partial charge on any atom is 0.246 e. The third-order valence-corrected chi connectivity index (χ3v) is 4.17. The van der Waals surface area contributed by atoms with Gasteiger partial charge in [-0.2, -0.15) is 4.98 Å². The molecule has 1 aromatic heterocycles. The van der Waals surface area contributed by atoms with E-state index in [4.69, 9.17) is 4.52 Å². The Hall–Kier alpha value is -1.68. The first-order valence-corrected chi connectivity index (χ1v) is 7.30. The maximum absolute atomic E-state index is 5.50. The van der Waals surface area contributed by atoms with Crippen molar-refractivity contribution in [1.29, 1.82) is 0 Å². The average Bonchev–Trinajstić information content (AvgIpc) is 2.92. The predicted octanol–water partition coefficient (Wildman–Crippen LogP) is 2.96. The van der Waals surface area contributed by atoms with Gasteiger partial charge in [-0.15, -0.1) is 0 Å². The van der Waals surface area contributed by atoms with E-state index in [0.29, 0.717) is 0 Å². The predicted molar refractivity (Wildman–Crippen MR) is 77.5 cm³/mol. The lowest BCUT2D eigenvalue weighted by atomic mass is 9.91. The first kappa shape index (κ1) is 13.3. The lowest BCUT2D eigenvalue weighted by Crippen LogP contribution is -2.43. The van der Waals surface area contributed by atoms with Gasteiger partial charge in [0.25, 0.3) is 0 Å². The molecule has 2 heterocycles. The quantitative estimate of drug-likeness (QED) is 0.932. The fraction of sp³-hybridized carbons (Fsp3) is 0.500. The van der Waals surface area contributed by atoms with Gasteiger partial charge >= 0.3 is 0 Å². The summed E-state index contributed by atoms with van der Waals surface area (Å²) in [7, 11) is 0. The Morgan fingerprint density at radius 1 is 1.30 bits per heavy atom. The van der Waals surface area contributed by atoms with Crippen molar-refractivity contribution in [2.75, 3.05) is 6.54 Å². The Morgan fingerprint density at radius 3 is 2.90 bits per heavy atom. The van der Waals surface area contributed by atoms with Gasteiger partial charge in [-0.05, 0) is 50.8 Å². The number of aryl methyl sites for hydroxylation is 1. The second kappa shape index (κ2) is 5.37. The molecule has 3 rings (SSSR count). The molecule has 1 aliphatic rings. The van der Waals surface area contributed by atoms with Gasteiger partial charge in [0, 0.05) is 6.42 Å². The Morgan fingerprint density at radius 2 is 2.15 bits per heavy atom. The van der Waals surface area contributed by atoms with Crippen molar-refractivity contribution < 1.29 is 4.52 Å². The van der Waals surface area contributed by atoms with E-state index in [2.05, 4.69) is 41.4 Å². The van der Waals surface area contributed by atoms with Crippen LogP contribution in [-0.2, 0) is 12.0 Å². The molecule has 1 unspecified atom stereocenters. The molecule has 4 heteroatoms. The highest BCUT2D eigenvalue weighted by molar-refractivity contribution is 5.28. The highest BCUT2D eigenvalue weighted by Gasteiger charge is 2.34. The molecule has 0 radical (unpaired) electrons. The molecule has 1 atom stereocenters. The smallest absolute Gasteiger partial charge is 0.246 e. The van der Waals surface area contributed by atoms with Crippen LogP contribution >= 0.6 is 0 Å². The molecule has 0 bridgehead atoms. The molecule has 1 fully saturated rings. The summed E-state index contributed by atoms with van der Waals surface area (Å²) < 4.78 is 5.50. The molecule has 0 spiro atoms. The van der Waals surface area contributed by atoms with Gasteiger partial charge in [-0.25, -0.2) is 0 Å². The van der Waals surface area contributed by atoms with Crippen LogP contribution in [0.15, 0.2) is 28.8 Å². The van der Waals surface area contributed by atoms with E-state index >= 15 is 0 Å². The molecule has 0 saturated carbocycles. The zero-order chi connectivity index (χ0) is 14.0. The van der Waals surface area contributed by atoms with Crippen LogP contribution in [0, 0.1) is 6.92 Å². The summed E-state index contributed by atoms with van der Waals surface area (Å²) in [6.45, 7) is 5.28. The first-order chi connectivity index (χ1) is 9.67. The SMILES string of the molecule is Cc1ccccc1Cc1noc(C2(C)CCCCN2)n1. The van der Waals surface area contributed by atoms with E-state index in [9.17, 15) is 0 Å². The molecule has 1 aliphatic heterocycles. The zero-order valence-corrected chi connectivity index (χ0v) is 12.1. The lowest BCUT2D eigenvalue weighted by Gasteiger charge is -2.31. The average molecular weight is 271 g/mol. The molecule has 2 aromatic rings. The van der Waals surface area contributed by atoms with Crippen molar-refractivity contribution in [2.45, 2.75) is 45.1 Å². The van der Waals surface area contributed by atoms with Crippen LogP contribution in [0.3, 0.4) is 0 Å². The van der Waals surface area contributed by atoms with Crippen LogP contribution in [0.25, 0.3) is 0 Å². The number of hydrogen-bond donors (Lipinski definition) is 1. The van der Waals surface area contributed by atoms with Gasteiger partial charge in [-0.1, -0.05) is 29.4 Å². The highest BCUT2D eigenvalue weighted by atomic mass is 16.5. The third-order valence-electron chi connectivity index (χ3n) is 4.17. The summed E-state index contributed by atoms with van der Waals surface area (Å²) in [4.78, 5) is 4.60. The van der Waals surface area contributed by atoms with Crippen molar-refractivity contribution in [3.05, 3.63) is 47.1 Å². The number of aromatic nitrogens is 2. The number of hydrogen-bond acceptors (Lipinski definition) is 4. The van der Waals surface area contributed by atoms with E-state index < -0.39 is 0 Å². The topological polar surface area (TPSA) is 51.0 Å². The van der Waals surface area contributed by atoms with Crippen LogP contribution in [0.1, 0.15) is 49.0 Å². The fourth-order valence-corrected chi connectivity index (χ4v) is 2.77. The van der Waals surface area contributed by atoms with E-state index in [1.807, 2.05) is 12.1 Å². The number of benzene rings is 1. The van der Waals surface area contributed by atoms with Gasteiger partial charge in [0.2, 0.25) is 5.89 Å². The number of piperidine rings is 1. The Kier molecular flexibility index (Phi) is 3.57. The Labute approximate surface area is 119 Å². The molecule has 0 aliphatic carbocycles. The molecule has 106 valence electrons. The minimum atomic E-state index is -0.158. The molecular weight excluding hydrogens is 250 g/mol. The summed E-state index contributed by atoms with van der Waals surface area (Å²) in [6.07, 6.45) is 4.21. The van der Waals surface area contributed by atoms with Crippen LogP contribution in [0.4, 0.5) is 0 Å². The number of rotatable bonds is 3. The summed E-state index contributed by atoms with van der Waals surface area (Å²) in [5.74, 6) is 1.49. The summed E-state index contributed by atoms with van der Waals surface area (Å²) in [6, 6.07) is 8.33. The van der Waals surface area contributed by atoms with E-state index in [-0.39, 0.29) is 5.54 Å². The largest absolute Gasteiger partial charge is 0.337 e. The van der Waals surface area contributed by atoms with E-state index in [1.165, 1.54) is 24.0 Å². The van der Waals surface area contributed by atoms with Gasteiger partial charge in [-0.3, -0.25) is 0 Å². The molecule has 1 N–H and O–H groups in total. The first-order valence-electron chi connectivity index (χ1n) is 7.30. The summed E-state index contributed by atoms with van der Waals surface area (Å²) in [5.41, 5.74) is 2.36. The van der Waals surface area contributed by atoms with E-state index in [0.717, 1.165) is 31.1 Å². The lowest BCUT2D eigenvalue weighted by molar-refractivity contribution is 0.206. The summed E-state index contributed by atoms with van der Waals surface area (Å²) >= 11 is 0. The number of nitrogens with one attached hydrogen (secondary N) is 1. The highest BCUT2D eigenvalue weighted by Crippen LogP contribution is 2.28. The van der Waals surface area contributed by atoms with Gasteiger partial charge in [0.15, 0.2) is 5.82 Å². The van der Waals surface area contributed by atoms with Crippen molar-refractivity contribution in [1.82, 2.24) is 15.5 Å².